The van der Waals surface area contributed by atoms with Crippen molar-refractivity contribution >= 4 is 23.6 Å². The third kappa shape index (κ3) is 5.68. The first kappa shape index (κ1) is 19.2. The van der Waals surface area contributed by atoms with Gasteiger partial charge in [0.1, 0.15) is 0 Å². The highest BCUT2D eigenvalue weighted by Gasteiger charge is 2.30. The topological polar surface area (TPSA) is 117 Å². The normalized spacial score (nSPS) is 18.4. The number of aliphatic carboxylic acids is 1. The fraction of sp³-hybridized carbons (Fsp3) is 0.526. The molecule has 1 aromatic rings. The minimum Gasteiger partial charge on any atom is -0.481 e. The second-order valence-corrected chi connectivity index (χ2v) is 7.06. The van der Waals surface area contributed by atoms with Gasteiger partial charge in [0.25, 0.3) is 5.91 Å². The van der Waals surface area contributed by atoms with E-state index in [1.807, 2.05) is 0 Å². The number of carbonyl (C=O) groups excluding carboxylic acids is 2. The Kier molecular flexibility index (Phi) is 6.28. The van der Waals surface area contributed by atoms with Gasteiger partial charge in [0.15, 0.2) is 0 Å². The zero-order valence-electron chi connectivity index (χ0n) is 15.1. The quantitative estimate of drug-likeness (QED) is 0.580. The first-order valence-corrected chi connectivity index (χ1v) is 9.29. The molecule has 8 nitrogen and oxygen atoms in total. The molecule has 2 fully saturated rings. The maximum atomic E-state index is 12.4. The van der Waals surface area contributed by atoms with Crippen LogP contribution in [0.3, 0.4) is 0 Å². The maximum Gasteiger partial charge on any atom is 0.319 e. The summed E-state index contributed by atoms with van der Waals surface area (Å²) in [4.78, 5) is 35.8. The van der Waals surface area contributed by atoms with Crippen LogP contribution in [0.5, 0.6) is 0 Å². The van der Waals surface area contributed by atoms with E-state index in [4.69, 9.17) is 4.74 Å². The lowest BCUT2D eigenvalue weighted by molar-refractivity contribution is -0.144. The summed E-state index contributed by atoms with van der Waals surface area (Å²) in [5.41, 5.74) is 0.885. The number of ether oxygens (including phenoxy) is 1. The third-order valence-electron chi connectivity index (χ3n) is 4.93. The number of carboxylic acids is 1. The number of amides is 3. The van der Waals surface area contributed by atoms with E-state index in [2.05, 4.69) is 16.0 Å². The van der Waals surface area contributed by atoms with Crippen LogP contribution in [0.25, 0.3) is 0 Å². The van der Waals surface area contributed by atoms with Crippen LogP contribution < -0.4 is 16.0 Å². The van der Waals surface area contributed by atoms with Crippen molar-refractivity contribution in [2.24, 2.45) is 11.8 Å². The van der Waals surface area contributed by atoms with E-state index in [0.717, 1.165) is 12.8 Å². The van der Waals surface area contributed by atoms with Crippen LogP contribution in [0.2, 0.25) is 0 Å². The van der Waals surface area contributed by atoms with Crippen molar-refractivity contribution in [3.63, 3.8) is 0 Å². The summed E-state index contributed by atoms with van der Waals surface area (Å²) in [5, 5.41) is 17.7. The van der Waals surface area contributed by atoms with Crippen LogP contribution in [0.1, 0.15) is 36.0 Å². The summed E-state index contributed by atoms with van der Waals surface area (Å²) in [6.45, 7) is 1.18. The molecule has 2 aliphatic rings. The molecule has 0 aromatic heterocycles. The predicted octanol–water partition coefficient (Wildman–Crippen LogP) is 1.83. The van der Waals surface area contributed by atoms with E-state index < -0.39 is 11.9 Å². The van der Waals surface area contributed by atoms with E-state index >= 15 is 0 Å². The number of hydrogen-bond donors (Lipinski definition) is 4. The van der Waals surface area contributed by atoms with Crippen LogP contribution in [0.15, 0.2) is 24.3 Å². The summed E-state index contributed by atoms with van der Waals surface area (Å²) in [6, 6.07) is 6.53. The van der Waals surface area contributed by atoms with Gasteiger partial charge in [-0.25, -0.2) is 4.79 Å². The van der Waals surface area contributed by atoms with E-state index in [9.17, 15) is 19.5 Å². The number of carboxylic acid groups (broad SMARTS) is 1. The molecule has 1 saturated heterocycles. The zero-order chi connectivity index (χ0) is 19.2. The first-order chi connectivity index (χ1) is 13.0. The second kappa shape index (κ2) is 8.85. The summed E-state index contributed by atoms with van der Waals surface area (Å²) in [5.74, 6) is -1.91. The Balaban J connectivity index is 1.55. The SMILES string of the molecule is O=C(Nc1cccc(C(=O)NCC(C(=O)O)C2CCOCC2)c1)NC1CC1. The van der Waals surface area contributed by atoms with E-state index in [1.54, 1.807) is 24.3 Å². The second-order valence-electron chi connectivity index (χ2n) is 7.06. The van der Waals surface area contributed by atoms with Gasteiger partial charge in [-0.1, -0.05) is 6.07 Å². The van der Waals surface area contributed by atoms with Gasteiger partial charge < -0.3 is 25.8 Å². The third-order valence-corrected chi connectivity index (χ3v) is 4.93. The average molecular weight is 375 g/mol. The van der Waals surface area contributed by atoms with Gasteiger partial charge in [0.2, 0.25) is 0 Å². The molecule has 3 rings (SSSR count). The largest absolute Gasteiger partial charge is 0.481 e. The lowest BCUT2D eigenvalue weighted by Crippen LogP contribution is -2.39. The molecule has 1 saturated carbocycles. The molecule has 4 N–H and O–H groups in total. The fourth-order valence-electron chi connectivity index (χ4n) is 3.20. The summed E-state index contributed by atoms with van der Waals surface area (Å²) >= 11 is 0. The van der Waals surface area contributed by atoms with Gasteiger partial charge in [0, 0.05) is 37.1 Å². The number of rotatable bonds is 7. The highest BCUT2D eigenvalue weighted by molar-refractivity contribution is 5.97. The van der Waals surface area contributed by atoms with Gasteiger partial charge in [-0.05, 0) is 49.8 Å². The molecule has 27 heavy (non-hydrogen) atoms. The summed E-state index contributed by atoms with van der Waals surface area (Å²) in [7, 11) is 0. The van der Waals surface area contributed by atoms with E-state index in [0.29, 0.717) is 37.3 Å². The Bertz CT molecular complexity index is 698. The molecule has 8 heteroatoms. The van der Waals surface area contributed by atoms with Gasteiger partial charge in [0.05, 0.1) is 5.92 Å². The molecule has 1 heterocycles. The Morgan fingerprint density at radius 1 is 1.15 bits per heavy atom. The Labute approximate surface area is 157 Å². The molecule has 1 aliphatic heterocycles. The Hall–Kier alpha value is -2.61. The molecule has 3 amide bonds. The van der Waals surface area contributed by atoms with Crippen LogP contribution in [0, 0.1) is 11.8 Å². The minimum atomic E-state index is -0.908. The predicted molar refractivity (Wildman–Crippen MR) is 98.6 cm³/mol. The highest BCUT2D eigenvalue weighted by Crippen LogP contribution is 2.24. The number of benzene rings is 1. The molecule has 1 aromatic carbocycles. The van der Waals surface area contributed by atoms with Gasteiger partial charge in [-0.15, -0.1) is 0 Å². The molecular formula is C19H25N3O5. The van der Waals surface area contributed by atoms with Crippen LogP contribution in [-0.4, -0.2) is 48.8 Å². The monoisotopic (exact) mass is 375 g/mol. The molecule has 146 valence electrons. The van der Waals surface area contributed by atoms with Crippen molar-refractivity contribution in [2.45, 2.75) is 31.7 Å². The number of hydrogen-bond acceptors (Lipinski definition) is 4. The summed E-state index contributed by atoms with van der Waals surface area (Å²) < 4.78 is 5.28. The molecule has 0 radical (unpaired) electrons. The molecule has 0 spiro atoms. The van der Waals surface area contributed by atoms with Gasteiger partial charge >= 0.3 is 12.0 Å². The zero-order valence-corrected chi connectivity index (χ0v) is 15.1. The molecule has 0 bridgehead atoms. The molecule has 1 aliphatic carbocycles. The van der Waals surface area contributed by atoms with Crippen LogP contribution >= 0.6 is 0 Å². The Morgan fingerprint density at radius 3 is 2.56 bits per heavy atom. The number of urea groups is 1. The first-order valence-electron chi connectivity index (χ1n) is 9.29. The number of anilines is 1. The van der Waals surface area contributed by atoms with Gasteiger partial charge in [-0.3, -0.25) is 9.59 Å². The van der Waals surface area contributed by atoms with Crippen molar-refractivity contribution in [2.75, 3.05) is 25.1 Å². The minimum absolute atomic E-state index is 0.00401. The van der Waals surface area contributed by atoms with Crippen molar-refractivity contribution in [1.29, 1.82) is 0 Å². The van der Waals surface area contributed by atoms with Crippen LogP contribution in [0.4, 0.5) is 10.5 Å². The Morgan fingerprint density at radius 2 is 1.89 bits per heavy atom. The van der Waals surface area contributed by atoms with Crippen molar-refractivity contribution in [3.8, 4) is 0 Å². The fourth-order valence-corrected chi connectivity index (χ4v) is 3.20. The smallest absolute Gasteiger partial charge is 0.319 e. The lowest BCUT2D eigenvalue weighted by atomic mass is 9.86. The van der Waals surface area contributed by atoms with E-state index in [-0.39, 0.29) is 30.4 Å². The number of nitrogens with one attached hydrogen (secondary N) is 3. The average Bonchev–Trinajstić information content (AvgIpc) is 3.46. The number of carbonyl (C=O) groups is 3. The van der Waals surface area contributed by atoms with Crippen molar-refractivity contribution < 1.29 is 24.2 Å². The van der Waals surface area contributed by atoms with E-state index in [1.165, 1.54) is 0 Å². The highest BCUT2D eigenvalue weighted by atomic mass is 16.5. The standard InChI is InChI=1S/C19H25N3O5/c23-17(20-11-16(18(24)25)12-6-8-27-9-7-12)13-2-1-3-15(10-13)22-19(26)21-14-4-5-14/h1-3,10,12,14,16H,4-9,11H2,(H,20,23)(H,24,25)(H2,21,22,26). The maximum absolute atomic E-state index is 12.4. The molecule has 1 unspecified atom stereocenters. The molecule has 1 atom stereocenters. The van der Waals surface area contributed by atoms with Crippen molar-refractivity contribution in [1.82, 2.24) is 10.6 Å². The summed E-state index contributed by atoms with van der Waals surface area (Å²) in [6.07, 6.45) is 3.35. The molecular weight excluding hydrogens is 350 g/mol. The van der Waals surface area contributed by atoms with Crippen molar-refractivity contribution in [3.05, 3.63) is 29.8 Å². The van der Waals surface area contributed by atoms with Crippen LogP contribution in [-0.2, 0) is 9.53 Å². The van der Waals surface area contributed by atoms with Gasteiger partial charge in [-0.2, -0.15) is 0 Å². The lowest BCUT2D eigenvalue weighted by Gasteiger charge is -2.27.